The van der Waals surface area contributed by atoms with Crippen molar-refractivity contribution in [2.75, 3.05) is 5.73 Å². The van der Waals surface area contributed by atoms with E-state index in [2.05, 4.69) is 9.97 Å². The van der Waals surface area contributed by atoms with Crippen LogP contribution in [0.5, 0.6) is 0 Å². The summed E-state index contributed by atoms with van der Waals surface area (Å²) in [5.74, 6) is -0.858. The van der Waals surface area contributed by atoms with E-state index in [1.54, 1.807) is 18.2 Å². The normalized spacial score (nSPS) is 10.8. The molecule has 3 N–H and O–H groups in total. The van der Waals surface area contributed by atoms with Crippen molar-refractivity contribution < 1.29 is 9.90 Å². The molecule has 3 aromatic rings. The maximum absolute atomic E-state index is 11.2. The number of carboxylic acids is 1. The van der Waals surface area contributed by atoms with Crippen LogP contribution in [0.15, 0.2) is 36.5 Å². The molecule has 5 nitrogen and oxygen atoms in total. The first-order valence-corrected chi connectivity index (χ1v) is 6.90. The third kappa shape index (κ3) is 2.35. The number of benzene rings is 1. The predicted octanol–water partition coefficient (Wildman–Crippen LogP) is 3.54. The third-order valence-corrected chi connectivity index (χ3v) is 3.69. The Morgan fingerprint density at radius 2 is 2.05 bits per heavy atom. The summed E-state index contributed by atoms with van der Waals surface area (Å²) in [6.45, 7) is 1.93. The summed E-state index contributed by atoms with van der Waals surface area (Å²) in [6, 6.07) is 8.97. The number of pyridine rings is 2. The number of aromatic nitrogens is 2. The summed E-state index contributed by atoms with van der Waals surface area (Å²) in [7, 11) is 0. The number of carboxylic acid groups (broad SMARTS) is 1. The number of nitrogens with zero attached hydrogens (tertiary/aromatic N) is 2. The van der Waals surface area contributed by atoms with Crippen molar-refractivity contribution in [3.05, 3.63) is 52.7 Å². The van der Waals surface area contributed by atoms with Crippen LogP contribution in [0.2, 0.25) is 5.02 Å². The van der Waals surface area contributed by atoms with Crippen molar-refractivity contribution in [1.82, 2.24) is 9.97 Å². The molecule has 0 bridgehead atoms. The zero-order valence-corrected chi connectivity index (χ0v) is 12.4. The van der Waals surface area contributed by atoms with Crippen LogP contribution in [0, 0.1) is 6.92 Å². The average Bonchev–Trinajstić information content (AvgIpc) is 2.47. The van der Waals surface area contributed by atoms with E-state index in [0.717, 1.165) is 11.1 Å². The molecule has 3 rings (SSSR count). The van der Waals surface area contributed by atoms with Gasteiger partial charge in [-0.2, -0.15) is 0 Å². The number of nitrogens with two attached hydrogens (primary N) is 1. The molecule has 0 aliphatic heterocycles. The first-order chi connectivity index (χ1) is 10.5. The fourth-order valence-electron chi connectivity index (χ4n) is 2.37. The van der Waals surface area contributed by atoms with Gasteiger partial charge >= 0.3 is 5.97 Å². The van der Waals surface area contributed by atoms with Gasteiger partial charge in [-0.1, -0.05) is 17.7 Å². The van der Waals surface area contributed by atoms with Crippen molar-refractivity contribution in [2.24, 2.45) is 0 Å². The highest BCUT2D eigenvalue weighted by Gasteiger charge is 2.14. The summed E-state index contributed by atoms with van der Waals surface area (Å²) >= 11 is 5.96. The quantitative estimate of drug-likeness (QED) is 0.755. The largest absolute Gasteiger partial charge is 0.478 e. The molecule has 0 fully saturated rings. The Bertz CT molecular complexity index is 909. The second kappa shape index (κ2) is 5.27. The Morgan fingerprint density at radius 3 is 2.73 bits per heavy atom. The molecule has 0 amide bonds. The predicted molar refractivity (Wildman–Crippen MR) is 86.1 cm³/mol. The smallest absolute Gasteiger partial charge is 0.337 e. The minimum Gasteiger partial charge on any atom is -0.478 e. The SMILES string of the molecule is Cc1cc(Cl)ccc1-c1ccc2c(C(=O)O)cnc(N)c2n1. The number of hydrogen-bond donors (Lipinski definition) is 2. The second-order valence-electron chi connectivity index (χ2n) is 4.91. The average molecular weight is 314 g/mol. The van der Waals surface area contributed by atoms with Gasteiger partial charge in [-0.15, -0.1) is 0 Å². The highest BCUT2D eigenvalue weighted by Crippen LogP contribution is 2.28. The molecule has 0 radical (unpaired) electrons. The molecule has 0 saturated heterocycles. The molecule has 2 aromatic heterocycles. The molecule has 110 valence electrons. The van der Waals surface area contributed by atoms with E-state index in [4.69, 9.17) is 17.3 Å². The van der Waals surface area contributed by atoms with Gasteiger partial charge in [0.15, 0.2) is 0 Å². The van der Waals surface area contributed by atoms with Crippen LogP contribution in [0.25, 0.3) is 22.2 Å². The number of anilines is 1. The Balaban J connectivity index is 2.26. The van der Waals surface area contributed by atoms with Gasteiger partial charge < -0.3 is 10.8 Å². The lowest BCUT2D eigenvalue weighted by Crippen LogP contribution is -2.03. The lowest BCUT2D eigenvalue weighted by Gasteiger charge is -2.09. The van der Waals surface area contributed by atoms with Crippen LogP contribution in [0.4, 0.5) is 5.82 Å². The fraction of sp³-hybridized carbons (Fsp3) is 0.0625. The van der Waals surface area contributed by atoms with Gasteiger partial charge in [0, 0.05) is 22.2 Å². The standard InChI is InChI=1S/C16H12ClN3O2/c1-8-6-9(17)2-3-10(8)13-5-4-11-12(16(21)22)7-19-15(18)14(11)20-13/h2-7H,1H3,(H2,18,19)(H,21,22). The molecule has 0 spiro atoms. The van der Waals surface area contributed by atoms with Crippen LogP contribution in [0.3, 0.4) is 0 Å². The van der Waals surface area contributed by atoms with Crippen LogP contribution >= 0.6 is 11.6 Å². The van der Waals surface area contributed by atoms with Crippen molar-refractivity contribution in [2.45, 2.75) is 6.92 Å². The maximum atomic E-state index is 11.2. The highest BCUT2D eigenvalue weighted by molar-refractivity contribution is 6.30. The molecule has 2 heterocycles. The fourth-order valence-corrected chi connectivity index (χ4v) is 2.60. The van der Waals surface area contributed by atoms with E-state index in [0.29, 0.717) is 21.6 Å². The summed E-state index contributed by atoms with van der Waals surface area (Å²) in [5, 5.41) is 10.3. The van der Waals surface area contributed by atoms with E-state index in [1.165, 1.54) is 6.20 Å². The Hall–Kier alpha value is -2.66. The molecule has 0 unspecified atom stereocenters. The van der Waals surface area contributed by atoms with E-state index in [-0.39, 0.29) is 11.4 Å². The minimum absolute atomic E-state index is 0.0797. The van der Waals surface area contributed by atoms with Gasteiger partial charge in [-0.05, 0) is 36.8 Å². The molecular weight excluding hydrogens is 302 g/mol. The van der Waals surface area contributed by atoms with Crippen molar-refractivity contribution in [3.8, 4) is 11.3 Å². The lowest BCUT2D eigenvalue weighted by molar-refractivity contribution is 0.0698. The lowest BCUT2D eigenvalue weighted by atomic mass is 10.0. The number of rotatable bonds is 2. The van der Waals surface area contributed by atoms with E-state index in [1.807, 2.05) is 19.1 Å². The zero-order valence-electron chi connectivity index (χ0n) is 11.7. The first kappa shape index (κ1) is 14.3. The Morgan fingerprint density at radius 1 is 1.27 bits per heavy atom. The number of aromatic carboxylic acids is 1. The van der Waals surface area contributed by atoms with Crippen LogP contribution < -0.4 is 5.73 Å². The van der Waals surface area contributed by atoms with Crippen LogP contribution in [-0.2, 0) is 0 Å². The maximum Gasteiger partial charge on any atom is 0.337 e. The van der Waals surface area contributed by atoms with E-state index >= 15 is 0 Å². The second-order valence-corrected chi connectivity index (χ2v) is 5.35. The molecule has 1 aromatic carbocycles. The molecule has 0 atom stereocenters. The number of nitrogen functional groups attached to an aromatic ring is 1. The third-order valence-electron chi connectivity index (χ3n) is 3.46. The highest BCUT2D eigenvalue weighted by atomic mass is 35.5. The van der Waals surface area contributed by atoms with Crippen LogP contribution in [0.1, 0.15) is 15.9 Å². The van der Waals surface area contributed by atoms with Gasteiger partial charge in [0.2, 0.25) is 0 Å². The van der Waals surface area contributed by atoms with Gasteiger partial charge in [-0.25, -0.2) is 14.8 Å². The van der Waals surface area contributed by atoms with E-state index in [9.17, 15) is 9.90 Å². The molecule has 0 aliphatic rings. The number of carbonyl (C=O) groups is 1. The molecule has 0 saturated carbocycles. The first-order valence-electron chi connectivity index (χ1n) is 6.52. The van der Waals surface area contributed by atoms with Crippen molar-refractivity contribution >= 4 is 34.3 Å². The summed E-state index contributed by atoms with van der Waals surface area (Å²) in [6.07, 6.45) is 1.24. The minimum atomic E-state index is -1.06. The summed E-state index contributed by atoms with van der Waals surface area (Å²) in [5.41, 5.74) is 8.88. The van der Waals surface area contributed by atoms with Gasteiger partial charge in [0.05, 0.1) is 11.3 Å². The van der Waals surface area contributed by atoms with Gasteiger partial charge in [0.25, 0.3) is 0 Å². The number of aryl methyl sites for hydroxylation is 1. The van der Waals surface area contributed by atoms with E-state index < -0.39 is 5.97 Å². The Labute approximate surface area is 131 Å². The molecule has 6 heteroatoms. The molecule has 22 heavy (non-hydrogen) atoms. The van der Waals surface area contributed by atoms with Crippen LogP contribution in [-0.4, -0.2) is 21.0 Å². The van der Waals surface area contributed by atoms with Gasteiger partial charge in [-0.3, -0.25) is 0 Å². The topological polar surface area (TPSA) is 89.1 Å². The Kier molecular flexibility index (Phi) is 3.42. The van der Waals surface area contributed by atoms with Crippen molar-refractivity contribution in [1.29, 1.82) is 0 Å². The number of hydrogen-bond acceptors (Lipinski definition) is 4. The molecular formula is C16H12ClN3O2. The summed E-state index contributed by atoms with van der Waals surface area (Å²) in [4.78, 5) is 19.6. The van der Waals surface area contributed by atoms with Gasteiger partial charge in [0.1, 0.15) is 11.3 Å². The summed E-state index contributed by atoms with van der Waals surface area (Å²) < 4.78 is 0. The zero-order chi connectivity index (χ0) is 15.9. The van der Waals surface area contributed by atoms with Crippen molar-refractivity contribution in [3.63, 3.8) is 0 Å². The molecule has 0 aliphatic carbocycles. The number of fused-ring (bicyclic) bond motifs is 1. The monoisotopic (exact) mass is 313 g/mol. The number of halogens is 1.